The first-order valence-corrected chi connectivity index (χ1v) is 6.16. The predicted octanol–water partition coefficient (Wildman–Crippen LogP) is 1.22. The molecule has 0 aliphatic heterocycles. The lowest BCUT2D eigenvalue weighted by atomic mass is 10.2. The van der Waals surface area contributed by atoms with Crippen LogP contribution >= 0.6 is 0 Å². The largest absolute Gasteiger partial charge is 0.398 e. The van der Waals surface area contributed by atoms with Crippen molar-refractivity contribution in [2.45, 2.75) is 18.7 Å². The Morgan fingerprint density at radius 3 is 2.47 bits per heavy atom. The zero-order chi connectivity index (χ0) is 11.6. The molecule has 0 saturated carbocycles. The van der Waals surface area contributed by atoms with Crippen LogP contribution in [0.5, 0.6) is 0 Å². The van der Waals surface area contributed by atoms with Gasteiger partial charge >= 0.3 is 0 Å². The number of nitrogens with zero attached hydrogens (tertiary/aromatic N) is 1. The first-order valence-electron chi connectivity index (χ1n) is 4.72. The van der Waals surface area contributed by atoms with E-state index < -0.39 is 10.0 Å². The molecule has 0 atom stereocenters. The van der Waals surface area contributed by atoms with E-state index in [0.717, 1.165) is 0 Å². The number of nitrogens with two attached hydrogens (primary N) is 1. The van der Waals surface area contributed by atoms with Crippen molar-refractivity contribution in [1.82, 2.24) is 4.31 Å². The summed E-state index contributed by atoms with van der Waals surface area (Å²) in [5.74, 6) is 0. The molecule has 0 saturated heterocycles. The van der Waals surface area contributed by atoms with Gasteiger partial charge in [0.05, 0.1) is 5.69 Å². The number of anilines is 1. The van der Waals surface area contributed by atoms with Gasteiger partial charge in [-0.15, -0.1) is 0 Å². The highest BCUT2D eigenvalue weighted by Crippen LogP contribution is 2.24. The van der Waals surface area contributed by atoms with Crippen LogP contribution in [0.1, 0.15) is 12.5 Å². The summed E-state index contributed by atoms with van der Waals surface area (Å²) in [5.41, 5.74) is 6.67. The fraction of sp³-hybridized carbons (Fsp3) is 0.400. The van der Waals surface area contributed by atoms with Crippen molar-refractivity contribution in [3.8, 4) is 0 Å². The number of hydrogen-bond donors (Lipinski definition) is 1. The molecule has 0 amide bonds. The molecule has 0 bridgehead atoms. The molecule has 0 aliphatic rings. The number of nitrogen functional groups attached to an aromatic ring is 1. The van der Waals surface area contributed by atoms with Crippen LogP contribution in [0.2, 0.25) is 0 Å². The third-order valence-corrected chi connectivity index (χ3v) is 4.51. The maximum Gasteiger partial charge on any atom is 0.245 e. The molecular weight excluding hydrogens is 212 g/mol. The van der Waals surface area contributed by atoms with Gasteiger partial charge in [-0.05, 0) is 18.6 Å². The van der Waals surface area contributed by atoms with E-state index in [1.807, 2.05) is 0 Å². The third kappa shape index (κ3) is 2.13. The Kier molecular flexibility index (Phi) is 3.36. The Morgan fingerprint density at radius 1 is 1.40 bits per heavy atom. The van der Waals surface area contributed by atoms with Gasteiger partial charge in [0.1, 0.15) is 4.90 Å². The summed E-state index contributed by atoms with van der Waals surface area (Å²) in [5, 5.41) is 0. The molecular formula is C10H16N2O2S. The first-order chi connectivity index (χ1) is 6.91. The average molecular weight is 228 g/mol. The van der Waals surface area contributed by atoms with E-state index in [0.29, 0.717) is 17.8 Å². The Balaban J connectivity index is 3.40. The molecule has 1 aromatic carbocycles. The highest BCUT2D eigenvalue weighted by Gasteiger charge is 2.23. The van der Waals surface area contributed by atoms with Crippen molar-refractivity contribution in [3.63, 3.8) is 0 Å². The Morgan fingerprint density at radius 2 is 2.00 bits per heavy atom. The summed E-state index contributed by atoms with van der Waals surface area (Å²) in [4.78, 5) is 0.217. The lowest BCUT2D eigenvalue weighted by molar-refractivity contribution is 0.486. The zero-order valence-electron chi connectivity index (χ0n) is 9.19. The molecule has 4 nitrogen and oxygen atoms in total. The van der Waals surface area contributed by atoms with Gasteiger partial charge in [-0.2, -0.15) is 0 Å². The van der Waals surface area contributed by atoms with E-state index in [9.17, 15) is 8.42 Å². The second kappa shape index (κ2) is 4.20. The smallest absolute Gasteiger partial charge is 0.245 e. The lowest BCUT2D eigenvalue weighted by Gasteiger charge is -2.17. The quantitative estimate of drug-likeness (QED) is 0.791. The molecule has 0 aliphatic carbocycles. The summed E-state index contributed by atoms with van der Waals surface area (Å²) in [7, 11) is -1.90. The third-order valence-electron chi connectivity index (χ3n) is 2.36. The maximum absolute atomic E-state index is 12.1. The van der Waals surface area contributed by atoms with Gasteiger partial charge in [0, 0.05) is 13.6 Å². The number of benzene rings is 1. The molecule has 0 heterocycles. The minimum atomic E-state index is -3.44. The van der Waals surface area contributed by atoms with Crippen LogP contribution in [0, 0.1) is 6.92 Å². The second-order valence-electron chi connectivity index (χ2n) is 3.41. The van der Waals surface area contributed by atoms with Gasteiger partial charge in [0.25, 0.3) is 0 Å². The molecule has 0 unspecified atom stereocenters. The first kappa shape index (κ1) is 12.0. The van der Waals surface area contributed by atoms with E-state index in [2.05, 4.69) is 0 Å². The molecule has 1 aromatic rings. The van der Waals surface area contributed by atoms with Crippen LogP contribution in [0.25, 0.3) is 0 Å². The van der Waals surface area contributed by atoms with Crippen molar-refractivity contribution in [3.05, 3.63) is 23.8 Å². The minimum absolute atomic E-state index is 0.217. The highest BCUT2D eigenvalue weighted by atomic mass is 32.2. The van der Waals surface area contributed by atoms with Crippen LogP contribution in [-0.2, 0) is 10.0 Å². The summed E-state index contributed by atoms with van der Waals surface area (Å²) in [6.07, 6.45) is 0. The number of aryl methyl sites for hydroxylation is 1. The second-order valence-corrected chi connectivity index (χ2v) is 5.39. The van der Waals surface area contributed by atoms with E-state index in [-0.39, 0.29) is 4.90 Å². The number of rotatable bonds is 3. The number of hydrogen-bond acceptors (Lipinski definition) is 3. The average Bonchev–Trinajstić information content (AvgIpc) is 2.15. The molecule has 0 fully saturated rings. The molecule has 1 rings (SSSR count). The van der Waals surface area contributed by atoms with Gasteiger partial charge < -0.3 is 5.73 Å². The van der Waals surface area contributed by atoms with Gasteiger partial charge in [0.2, 0.25) is 10.0 Å². The van der Waals surface area contributed by atoms with E-state index in [1.165, 1.54) is 4.31 Å². The summed E-state index contributed by atoms with van der Waals surface area (Å²) in [6, 6.07) is 5.09. The summed E-state index contributed by atoms with van der Waals surface area (Å²) in [6.45, 7) is 3.95. The Hall–Kier alpha value is -1.07. The monoisotopic (exact) mass is 228 g/mol. The maximum atomic E-state index is 12.1. The van der Waals surface area contributed by atoms with Crippen LogP contribution in [0.3, 0.4) is 0 Å². The van der Waals surface area contributed by atoms with E-state index >= 15 is 0 Å². The van der Waals surface area contributed by atoms with Crippen molar-refractivity contribution in [2.24, 2.45) is 0 Å². The molecule has 2 N–H and O–H groups in total. The summed E-state index contributed by atoms with van der Waals surface area (Å²) < 4.78 is 25.4. The molecule has 5 heteroatoms. The van der Waals surface area contributed by atoms with Crippen molar-refractivity contribution >= 4 is 15.7 Å². The van der Waals surface area contributed by atoms with Crippen molar-refractivity contribution in [1.29, 1.82) is 0 Å². The fourth-order valence-corrected chi connectivity index (χ4v) is 2.85. The van der Waals surface area contributed by atoms with Crippen molar-refractivity contribution < 1.29 is 8.42 Å². The SMILES string of the molecule is CCN(C)S(=O)(=O)c1c(C)cccc1N. The topological polar surface area (TPSA) is 63.4 Å². The lowest BCUT2D eigenvalue weighted by Crippen LogP contribution is -2.27. The highest BCUT2D eigenvalue weighted by molar-refractivity contribution is 7.89. The molecule has 0 spiro atoms. The molecule has 0 aromatic heterocycles. The molecule has 0 radical (unpaired) electrons. The standard InChI is InChI=1S/C10H16N2O2S/c1-4-12(3)15(13,14)10-8(2)6-5-7-9(10)11/h5-7H,4,11H2,1-3H3. The van der Waals surface area contributed by atoms with Gasteiger partial charge in [-0.3, -0.25) is 0 Å². The normalized spacial score (nSPS) is 12.0. The zero-order valence-corrected chi connectivity index (χ0v) is 10.0. The summed E-state index contributed by atoms with van der Waals surface area (Å²) >= 11 is 0. The van der Waals surface area contributed by atoms with E-state index in [1.54, 1.807) is 39.1 Å². The molecule has 84 valence electrons. The van der Waals surface area contributed by atoms with Crippen LogP contribution in [-0.4, -0.2) is 26.3 Å². The minimum Gasteiger partial charge on any atom is -0.398 e. The number of sulfonamides is 1. The van der Waals surface area contributed by atoms with Gasteiger partial charge in [-0.25, -0.2) is 12.7 Å². The Labute approximate surface area is 90.8 Å². The van der Waals surface area contributed by atoms with Gasteiger partial charge in [-0.1, -0.05) is 19.1 Å². The van der Waals surface area contributed by atoms with E-state index in [4.69, 9.17) is 5.73 Å². The fourth-order valence-electron chi connectivity index (χ4n) is 1.35. The van der Waals surface area contributed by atoms with Gasteiger partial charge in [0.15, 0.2) is 0 Å². The molecule has 15 heavy (non-hydrogen) atoms. The Bertz CT molecular complexity index is 434. The van der Waals surface area contributed by atoms with Crippen LogP contribution in [0.4, 0.5) is 5.69 Å². The van der Waals surface area contributed by atoms with Crippen LogP contribution < -0.4 is 5.73 Å². The van der Waals surface area contributed by atoms with Crippen molar-refractivity contribution in [2.75, 3.05) is 19.3 Å². The van der Waals surface area contributed by atoms with Crippen LogP contribution in [0.15, 0.2) is 23.1 Å². The predicted molar refractivity (Wildman–Crippen MR) is 61.1 cm³/mol.